The molecular formula is C27H49NO2. The van der Waals surface area contributed by atoms with Gasteiger partial charge in [0.25, 0.3) is 0 Å². The van der Waals surface area contributed by atoms with Gasteiger partial charge in [0.05, 0.1) is 12.2 Å². The number of hydrogen-bond donors (Lipinski definition) is 3. The van der Waals surface area contributed by atoms with Crippen molar-refractivity contribution in [3.05, 3.63) is 0 Å². The molecule has 174 valence electrons. The highest BCUT2D eigenvalue weighted by atomic mass is 16.3. The topological polar surface area (TPSA) is 66.5 Å². The number of aliphatic hydroxyl groups excluding tert-OH is 2. The molecule has 4 saturated carbocycles. The van der Waals surface area contributed by atoms with Gasteiger partial charge in [-0.25, -0.2) is 0 Å². The smallest absolute Gasteiger partial charge is 0.0579 e. The average Bonchev–Trinajstić information content (AvgIpc) is 2.98. The van der Waals surface area contributed by atoms with Crippen LogP contribution < -0.4 is 5.73 Å². The summed E-state index contributed by atoms with van der Waals surface area (Å²) in [6, 6.07) is 0. The largest absolute Gasteiger partial charge is 0.393 e. The molecule has 30 heavy (non-hydrogen) atoms. The maximum atomic E-state index is 11.3. The van der Waals surface area contributed by atoms with Crippen LogP contribution in [0, 0.1) is 52.3 Å². The van der Waals surface area contributed by atoms with E-state index in [0.29, 0.717) is 34.5 Å². The lowest BCUT2D eigenvalue weighted by Crippen LogP contribution is -2.54. The highest BCUT2D eigenvalue weighted by molar-refractivity contribution is 5.11. The van der Waals surface area contributed by atoms with Crippen LogP contribution in [-0.2, 0) is 0 Å². The summed E-state index contributed by atoms with van der Waals surface area (Å²) in [5.74, 6) is 4.72. The molecule has 4 fully saturated rings. The summed E-state index contributed by atoms with van der Waals surface area (Å²) in [5, 5.41) is 21.5. The first-order chi connectivity index (χ1) is 14.2. The summed E-state index contributed by atoms with van der Waals surface area (Å²) in [5.41, 5.74) is 6.56. The normalized spacial score (nSPS) is 50.3. The minimum absolute atomic E-state index is 0.0611. The zero-order chi connectivity index (χ0) is 21.7. The fraction of sp³-hybridized carbons (Fsp3) is 1.00. The maximum Gasteiger partial charge on any atom is 0.0579 e. The first kappa shape index (κ1) is 23.1. The first-order valence-corrected chi connectivity index (χ1v) is 13.3. The Balaban J connectivity index is 1.47. The van der Waals surface area contributed by atoms with Gasteiger partial charge in [-0.15, -0.1) is 0 Å². The van der Waals surface area contributed by atoms with E-state index in [1.165, 1.54) is 51.4 Å². The van der Waals surface area contributed by atoms with E-state index in [9.17, 15) is 10.2 Å². The first-order valence-electron chi connectivity index (χ1n) is 13.3. The van der Waals surface area contributed by atoms with Crippen molar-refractivity contribution in [1.82, 2.24) is 0 Å². The van der Waals surface area contributed by atoms with Crippen molar-refractivity contribution in [3.63, 3.8) is 0 Å². The Labute approximate surface area is 185 Å². The number of aliphatic hydroxyl groups is 2. The molecule has 4 rings (SSSR count). The Morgan fingerprint density at radius 2 is 1.63 bits per heavy atom. The molecule has 0 aliphatic heterocycles. The summed E-state index contributed by atoms with van der Waals surface area (Å²) >= 11 is 0. The van der Waals surface area contributed by atoms with Gasteiger partial charge in [-0.1, -0.05) is 40.5 Å². The van der Waals surface area contributed by atoms with Gasteiger partial charge >= 0.3 is 0 Å². The standard InChI is InChI=1S/C27H49NO2/c1-17(16-28)6-5-7-18(2)25-24(30)15-23-21-9-8-19-14-20(29)10-12-26(19,3)22(21)11-13-27(23,25)4/h17-25,29-30H,5-16,28H2,1-4H3. The molecule has 11 unspecified atom stereocenters. The predicted octanol–water partition coefficient (Wildman–Crippen LogP) is 5.38. The number of fused-ring (bicyclic) bond motifs is 5. The molecule has 4 aliphatic rings. The molecular weight excluding hydrogens is 370 g/mol. The highest BCUT2D eigenvalue weighted by Gasteiger charge is 2.62. The van der Waals surface area contributed by atoms with E-state index >= 15 is 0 Å². The Morgan fingerprint density at radius 3 is 2.37 bits per heavy atom. The second-order valence-electron chi connectivity index (χ2n) is 12.7. The molecule has 3 heteroatoms. The molecule has 0 spiro atoms. The van der Waals surface area contributed by atoms with E-state index in [1.54, 1.807) is 0 Å². The molecule has 4 aliphatic carbocycles. The fourth-order valence-corrected chi connectivity index (χ4v) is 9.40. The molecule has 0 saturated heterocycles. The van der Waals surface area contributed by atoms with Gasteiger partial charge in [-0.05, 0) is 117 Å². The van der Waals surface area contributed by atoms with Crippen LogP contribution in [-0.4, -0.2) is 29.0 Å². The van der Waals surface area contributed by atoms with Crippen LogP contribution in [0.3, 0.4) is 0 Å². The lowest BCUT2D eigenvalue weighted by Gasteiger charge is -2.61. The van der Waals surface area contributed by atoms with Gasteiger partial charge in [0, 0.05) is 0 Å². The molecule has 0 heterocycles. The molecule has 0 aromatic carbocycles. The SMILES string of the molecule is CC(CN)CCCC(C)C1C(O)CC2C3CCC4CC(O)CCC4(C)C3CCC21C. The third-order valence-corrected chi connectivity index (χ3v) is 11.1. The summed E-state index contributed by atoms with van der Waals surface area (Å²) in [7, 11) is 0. The van der Waals surface area contributed by atoms with Gasteiger partial charge in [0.2, 0.25) is 0 Å². The van der Waals surface area contributed by atoms with Gasteiger partial charge in [-0.3, -0.25) is 0 Å². The molecule has 0 aromatic rings. The summed E-state index contributed by atoms with van der Waals surface area (Å²) in [6.07, 6.45) is 13.1. The van der Waals surface area contributed by atoms with Crippen molar-refractivity contribution in [2.24, 2.45) is 58.0 Å². The molecule has 4 N–H and O–H groups in total. The number of rotatable bonds is 6. The fourth-order valence-electron chi connectivity index (χ4n) is 9.40. The number of nitrogens with two attached hydrogens (primary N) is 1. The highest BCUT2D eigenvalue weighted by Crippen LogP contribution is 2.68. The molecule has 0 radical (unpaired) electrons. The monoisotopic (exact) mass is 419 g/mol. The summed E-state index contributed by atoms with van der Waals surface area (Å²) in [6.45, 7) is 10.6. The van der Waals surface area contributed by atoms with Crippen LogP contribution in [0.25, 0.3) is 0 Å². The van der Waals surface area contributed by atoms with E-state index < -0.39 is 0 Å². The van der Waals surface area contributed by atoms with Crippen molar-refractivity contribution in [1.29, 1.82) is 0 Å². The van der Waals surface area contributed by atoms with Crippen molar-refractivity contribution < 1.29 is 10.2 Å². The van der Waals surface area contributed by atoms with Crippen LogP contribution in [0.1, 0.15) is 98.3 Å². The van der Waals surface area contributed by atoms with E-state index in [0.717, 1.165) is 43.6 Å². The zero-order valence-electron chi connectivity index (χ0n) is 20.2. The van der Waals surface area contributed by atoms with Crippen molar-refractivity contribution in [2.45, 2.75) is 111 Å². The van der Waals surface area contributed by atoms with Crippen molar-refractivity contribution in [2.75, 3.05) is 6.54 Å². The summed E-state index contributed by atoms with van der Waals surface area (Å²) < 4.78 is 0. The van der Waals surface area contributed by atoms with Crippen molar-refractivity contribution in [3.8, 4) is 0 Å². The maximum absolute atomic E-state index is 11.3. The van der Waals surface area contributed by atoms with Crippen LogP contribution in [0.4, 0.5) is 0 Å². The lowest BCUT2D eigenvalue weighted by molar-refractivity contribution is -0.130. The van der Waals surface area contributed by atoms with E-state index in [1.807, 2.05) is 0 Å². The van der Waals surface area contributed by atoms with Crippen LogP contribution >= 0.6 is 0 Å². The van der Waals surface area contributed by atoms with E-state index in [2.05, 4.69) is 27.7 Å². The van der Waals surface area contributed by atoms with Gasteiger partial charge < -0.3 is 15.9 Å². The Bertz CT molecular complexity index is 595. The minimum Gasteiger partial charge on any atom is -0.393 e. The van der Waals surface area contributed by atoms with Crippen molar-refractivity contribution >= 4 is 0 Å². The third-order valence-electron chi connectivity index (χ3n) is 11.1. The molecule has 0 amide bonds. The predicted molar refractivity (Wildman–Crippen MR) is 124 cm³/mol. The average molecular weight is 420 g/mol. The van der Waals surface area contributed by atoms with Gasteiger partial charge in [0.15, 0.2) is 0 Å². The van der Waals surface area contributed by atoms with Crippen LogP contribution in [0.15, 0.2) is 0 Å². The Hall–Kier alpha value is -0.120. The summed E-state index contributed by atoms with van der Waals surface area (Å²) in [4.78, 5) is 0. The second-order valence-corrected chi connectivity index (χ2v) is 12.7. The zero-order valence-corrected chi connectivity index (χ0v) is 20.2. The van der Waals surface area contributed by atoms with Gasteiger partial charge in [0.1, 0.15) is 0 Å². The molecule has 11 atom stereocenters. The molecule has 0 aromatic heterocycles. The van der Waals surface area contributed by atoms with E-state index in [4.69, 9.17) is 5.73 Å². The minimum atomic E-state index is -0.112. The molecule has 3 nitrogen and oxygen atoms in total. The lowest BCUT2D eigenvalue weighted by atomic mass is 9.44. The van der Waals surface area contributed by atoms with Crippen LogP contribution in [0.5, 0.6) is 0 Å². The van der Waals surface area contributed by atoms with E-state index in [-0.39, 0.29) is 12.2 Å². The molecule has 0 bridgehead atoms. The quantitative estimate of drug-likeness (QED) is 0.541. The third kappa shape index (κ3) is 3.79. The van der Waals surface area contributed by atoms with Gasteiger partial charge in [-0.2, -0.15) is 0 Å². The Morgan fingerprint density at radius 1 is 0.900 bits per heavy atom. The Kier molecular flexibility index (Phi) is 6.66. The second kappa shape index (κ2) is 8.67. The number of hydrogen-bond acceptors (Lipinski definition) is 3. The van der Waals surface area contributed by atoms with Crippen LogP contribution in [0.2, 0.25) is 0 Å².